The molecular weight excluding hydrogens is 394 g/mol. The molecule has 3 aromatic carbocycles. The Morgan fingerprint density at radius 2 is 1.70 bits per heavy atom. The number of aromatic amines is 1. The van der Waals surface area contributed by atoms with E-state index in [1.54, 1.807) is 18.2 Å². The zero-order chi connectivity index (χ0) is 21.3. The first-order valence-electron chi connectivity index (χ1n) is 9.71. The fourth-order valence-corrected chi connectivity index (χ4v) is 4.15. The Morgan fingerprint density at radius 3 is 2.40 bits per heavy atom. The summed E-state index contributed by atoms with van der Waals surface area (Å²) in [7, 11) is -3.82. The summed E-state index contributed by atoms with van der Waals surface area (Å²) >= 11 is 0. The van der Waals surface area contributed by atoms with Crippen LogP contribution in [0.2, 0.25) is 0 Å². The first kappa shape index (κ1) is 20.1. The Hall–Kier alpha value is -3.22. The lowest BCUT2D eigenvalue weighted by molar-refractivity contribution is 0.598. The SMILES string of the molecule is CC(C)c1ccc(/C=C/c2nc3cc(-c4ccccc4S(N)(=O)=O)ccc3[nH]2)cc1. The second-order valence-electron chi connectivity index (χ2n) is 7.55. The summed E-state index contributed by atoms with van der Waals surface area (Å²) in [4.78, 5) is 8.01. The van der Waals surface area contributed by atoms with Gasteiger partial charge in [0.25, 0.3) is 0 Å². The third kappa shape index (κ3) is 4.20. The number of nitrogens with two attached hydrogens (primary N) is 1. The number of nitrogens with zero attached hydrogens (tertiary/aromatic N) is 1. The van der Waals surface area contributed by atoms with E-state index in [4.69, 9.17) is 5.14 Å². The van der Waals surface area contributed by atoms with Crippen LogP contribution in [-0.4, -0.2) is 18.4 Å². The summed E-state index contributed by atoms with van der Waals surface area (Å²) in [6.45, 7) is 4.35. The zero-order valence-electron chi connectivity index (χ0n) is 16.8. The number of benzene rings is 3. The molecule has 1 aromatic heterocycles. The van der Waals surface area contributed by atoms with E-state index in [2.05, 4.69) is 48.1 Å². The number of fused-ring (bicyclic) bond motifs is 1. The molecule has 6 heteroatoms. The van der Waals surface area contributed by atoms with Crippen LogP contribution < -0.4 is 5.14 Å². The van der Waals surface area contributed by atoms with Gasteiger partial charge in [-0.2, -0.15) is 0 Å². The van der Waals surface area contributed by atoms with Crippen LogP contribution in [0.5, 0.6) is 0 Å². The molecule has 5 nitrogen and oxygen atoms in total. The molecule has 0 radical (unpaired) electrons. The maximum absolute atomic E-state index is 11.9. The van der Waals surface area contributed by atoms with Gasteiger partial charge in [-0.05, 0) is 46.9 Å². The van der Waals surface area contributed by atoms with E-state index in [-0.39, 0.29) is 4.90 Å². The summed E-state index contributed by atoms with van der Waals surface area (Å²) in [6.07, 6.45) is 3.95. The van der Waals surface area contributed by atoms with Crippen molar-refractivity contribution in [3.8, 4) is 11.1 Å². The lowest BCUT2D eigenvalue weighted by Crippen LogP contribution is -2.13. The number of nitrogens with one attached hydrogen (secondary N) is 1. The number of rotatable bonds is 5. The molecule has 0 aliphatic carbocycles. The lowest BCUT2D eigenvalue weighted by Gasteiger charge is -2.07. The molecule has 0 unspecified atom stereocenters. The van der Waals surface area contributed by atoms with Crippen molar-refractivity contribution in [2.75, 3.05) is 0 Å². The molecule has 0 bridgehead atoms. The first-order valence-corrected chi connectivity index (χ1v) is 11.3. The van der Waals surface area contributed by atoms with Gasteiger partial charge in [0, 0.05) is 5.56 Å². The quantitative estimate of drug-likeness (QED) is 0.469. The molecule has 0 saturated carbocycles. The van der Waals surface area contributed by atoms with Crippen molar-refractivity contribution in [2.24, 2.45) is 5.14 Å². The standard InChI is InChI=1S/C24H23N3O2S/c1-16(2)18-10-7-17(8-11-18)9-14-24-26-21-13-12-19(15-22(21)27-24)20-5-3-4-6-23(20)30(25,28)29/h3-16H,1-2H3,(H,26,27)(H2,25,28,29)/b14-9+. The molecule has 0 spiro atoms. The van der Waals surface area contributed by atoms with Gasteiger partial charge in [0.05, 0.1) is 15.9 Å². The van der Waals surface area contributed by atoms with E-state index in [0.717, 1.165) is 28.0 Å². The molecule has 3 N–H and O–H groups in total. The van der Waals surface area contributed by atoms with Crippen LogP contribution >= 0.6 is 0 Å². The molecule has 152 valence electrons. The number of imidazole rings is 1. The predicted molar refractivity (Wildman–Crippen MR) is 122 cm³/mol. The normalized spacial score (nSPS) is 12.3. The summed E-state index contributed by atoms with van der Waals surface area (Å²) in [5, 5.41) is 5.37. The highest BCUT2D eigenvalue weighted by Crippen LogP contribution is 2.29. The van der Waals surface area contributed by atoms with Crippen LogP contribution in [0.3, 0.4) is 0 Å². The van der Waals surface area contributed by atoms with Crippen LogP contribution in [-0.2, 0) is 10.0 Å². The zero-order valence-corrected chi connectivity index (χ0v) is 17.6. The van der Waals surface area contributed by atoms with Crippen molar-refractivity contribution >= 4 is 33.2 Å². The third-order valence-corrected chi connectivity index (χ3v) is 6.01. The van der Waals surface area contributed by atoms with Crippen LogP contribution in [0.1, 0.15) is 36.7 Å². The summed E-state index contributed by atoms with van der Waals surface area (Å²) < 4.78 is 23.8. The molecule has 0 fully saturated rings. The fourth-order valence-electron chi connectivity index (χ4n) is 3.39. The Kier molecular flexibility index (Phi) is 5.28. The maximum atomic E-state index is 11.9. The van der Waals surface area contributed by atoms with Gasteiger partial charge in [0.15, 0.2) is 0 Å². The lowest BCUT2D eigenvalue weighted by atomic mass is 10.0. The molecule has 30 heavy (non-hydrogen) atoms. The molecule has 0 atom stereocenters. The minimum Gasteiger partial charge on any atom is -0.338 e. The third-order valence-electron chi connectivity index (χ3n) is 5.04. The Balaban J connectivity index is 1.65. The molecule has 4 aromatic rings. The van der Waals surface area contributed by atoms with Crippen LogP contribution in [0.4, 0.5) is 0 Å². The maximum Gasteiger partial charge on any atom is 0.238 e. The Bertz CT molecular complexity index is 1330. The number of H-pyrrole nitrogens is 1. The molecular formula is C24H23N3O2S. The van der Waals surface area contributed by atoms with Crippen molar-refractivity contribution in [1.82, 2.24) is 9.97 Å². The van der Waals surface area contributed by atoms with Crippen molar-refractivity contribution < 1.29 is 8.42 Å². The number of aromatic nitrogens is 2. The van der Waals surface area contributed by atoms with Gasteiger partial charge in [-0.3, -0.25) is 0 Å². The second kappa shape index (κ2) is 7.89. The van der Waals surface area contributed by atoms with Crippen molar-refractivity contribution in [3.05, 3.63) is 83.7 Å². The number of primary sulfonamides is 1. The van der Waals surface area contributed by atoms with Gasteiger partial charge >= 0.3 is 0 Å². The number of sulfonamides is 1. The molecule has 1 heterocycles. The van der Waals surface area contributed by atoms with E-state index in [0.29, 0.717) is 11.5 Å². The average Bonchev–Trinajstić information content (AvgIpc) is 3.14. The molecule has 4 rings (SSSR count). The van der Waals surface area contributed by atoms with E-state index in [9.17, 15) is 8.42 Å². The smallest absolute Gasteiger partial charge is 0.238 e. The van der Waals surface area contributed by atoms with Gasteiger partial charge in [0.2, 0.25) is 10.0 Å². The van der Waals surface area contributed by atoms with Crippen molar-refractivity contribution in [3.63, 3.8) is 0 Å². The Labute approximate surface area is 176 Å². The van der Waals surface area contributed by atoms with E-state index in [1.807, 2.05) is 30.4 Å². The van der Waals surface area contributed by atoms with Gasteiger partial charge in [0.1, 0.15) is 5.82 Å². The van der Waals surface area contributed by atoms with Crippen molar-refractivity contribution in [1.29, 1.82) is 0 Å². The highest BCUT2D eigenvalue weighted by molar-refractivity contribution is 7.89. The molecule has 0 aliphatic heterocycles. The Morgan fingerprint density at radius 1 is 0.967 bits per heavy atom. The van der Waals surface area contributed by atoms with Gasteiger partial charge in [-0.1, -0.05) is 68.5 Å². The molecule has 0 saturated heterocycles. The summed E-state index contributed by atoms with van der Waals surface area (Å²) in [5.41, 5.74) is 5.35. The number of hydrogen-bond acceptors (Lipinski definition) is 3. The van der Waals surface area contributed by atoms with Gasteiger partial charge in [-0.15, -0.1) is 0 Å². The molecule has 0 amide bonds. The highest BCUT2D eigenvalue weighted by atomic mass is 32.2. The average molecular weight is 418 g/mol. The second-order valence-corrected chi connectivity index (χ2v) is 9.08. The van der Waals surface area contributed by atoms with Crippen LogP contribution in [0, 0.1) is 0 Å². The molecule has 0 aliphatic rings. The monoisotopic (exact) mass is 417 g/mol. The van der Waals surface area contributed by atoms with Gasteiger partial charge < -0.3 is 4.98 Å². The van der Waals surface area contributed by atoms with E-state index in [1.165, 1.54) is 11.6 Å². The minimum absolute atomic E-state index is 0.102. The van der Waals surface area contributed by atoms with Crippen LogP contribution in [0.25, 0.3) is 34.3 Å². The number of hydrogen-bond donors (Lipinski definition) is 2. The largest absolute Gasteiger partial charge is 0.338 e. The summed E-state index contributed by atoms with van der Waals surface area (Å²) in [6, 6.07) is 20.8. The van der Waals surface area contributed by atoms with E-state index >= 15 is 0 Å². The van der Waals surface area contributed by atoms with Crippen molar-refractivity contribution in [2.45, 2.75) is 24.7 Å². The predicted octanol–water partition coefficient (Wildman–Crippen LogP) is 5.17. The van der Waals surface area contributed by atoms with Gasteiger partial charge in [-0.25, -0.2) is 18.5 Å². The van der Waals surface area contributed by atoms with Crippen LogP contribution in [0.15, 0.2) is 71.6 Å². The fraction of sp³-hybridized carbons (Fsp3) is 0.125. The highest BCUT2D eigenvalue weighted by Gasteiger charge is 2.15. The van der Waals surface area contributed by atoms with E-state index < -0.39 is 10.0 Å². The summed E-state index contributed by atoms with van der Waals surface area (Å²) in [5.74, 6) is 1.24. The minimum atomic E-state index is -3.82. The topological polar surface area (TPSA) is 88.8 Å². The first-order chi connectivity index (χ1) is 14.3.